The quantitative estimate of drug-likeness (QED) is 0.805. The number of benzene rings is 1. The molecule has 2 rings (SSSR count). The van der Waals surface area contributed by atoms with Crippen LogP contribution < -0.4 is 5.11 Å². The lowest BCUT2D eigenvalue weighted by Gasteiger charge is -2.13. The van der Waals surface area contributed by atoms with Crippen molar-refractivity contribution in [3.8, 4) is 5.69 Å². The van der Waals surface area contributed by atoms with E-state index in [0.29, 0.717) is 11.3 Å². The van der Waals surface area contributed by atoms with Crippen LogP contribution in [-0.4, -0.2) is 16.8 Å². The number of rotatable bonds is 3. The van der Waals surface area contributed by atoms with Gasteiger partial charge in [-0.25, -0.2) is 0 Å². The third kappa shape index (κ3) is 2.27. The highest BCUT2D eigenvalue weighted by atomic mass is 35.5. The monoisotopic (exact) mass is 276 g/mol. The minimum absolute atomic E-state index is 0.0701. The Labute approximate surface area is 115 Å². The summed E-state index contributed by atoms with van der Waals surface area (Å²) in [6.45, 7) is 3.64. The molecule has 0 bridgehead atoms. The summed E-state index contributed by atoms with van der Waals surface area (Å²) in [5.74, 6) is -1.33. The molecule has 4 nitrogen and oxygen atoms in total. The third-order valence-electron chi connectivity index (χ3n) is 3.03. The maximum atomic E-state index is 11.0. The van der Waals surface area contributed by atoms with Crippen molar-refractivity contribution in [1.29, 1.82) is 0 Å². The van der Waals surface area contributed by atoms with E-state index in [1.807, 2.05) is 6.92 Å². The van der Waals surface area contributed by atoms with Crippen LogP contribution in [0.25, 0.3) is 5.69 Å². The average molecular weight is 277 g/mol. The van der Waals surface area contributed by atoms with Gasteiger partial charge in [-0.1, -0.05) is 11.6 Å². The molecule has 0 spiro atoms. The van der Waals surface area contributed by atoms with E-state index in [-0.39, 0.29) is 10.6 Å². The number of carboxylic acid groups (broad SMARTS) is 1. The van der Waals surface area contributed by atoms with Crippen LogP contribution in [0.4, 0.5) is 0 Å². The first-order valence-corrected chi connectivity index (χ1v) is 5.99. The zero-order valence-corrected chi connectivity index (χ0v) is 11.2. The number of carbonyl (C=O) groups is 2. The summed E-state index contributed by atoms with van der Waals surface area (Å²) in [5.41, 5.74) is 2.72. The van der Waals surface area contributed by atoms with E-state index in [0.717, 1.165) is 17.7 Å². The largest absolute Gasteiger partial charge is 0.545 e. The molecule has 0 aliphatic rings. The van der Waals surface area contributed by atoms with Crippen molar-refractivity contribution in [2.24, 2.45) is 0 Å². The number of aromatic nitrogens is 1. The molecule has 1 aromatic heterocycles. The van der Waals surface area contributed by atoms with Gasteiger partial charge < -0.3 is 14.5 Å². The van der Waals surface area contributed by atoms with E-state index in [1.54, 1.807) is 23.6 Å². The van der Waals surface area contributed by atoms with Gasteiger partial charge in [-0.05, 0) is 38.1 Å². The van der Waals surface area contributed by atoms with E-state index >= 15 is 0 Å². The summed E-state index contributed by atoms with van der Waals surface area (Å²) in [4.78, 5) is 21.9. The fourth-order valence-corrected chi connectivity index (χ4v) is 2.31. The number of nitrogens with zero attached hydrogens (tertiary/aromatic N) is 1. The third-order valence-corrected chi connectivity index (χ3v) is 3.35. The summed E-state index contributed by atoms with van der Waals surface area (Å²) in [6, 6.07) is 6.38. The number of aryl methyl sites for hydroxylation is 1. The molecular weight excluding hydrogens is 266 g/mol. The lowest BCUT2D eigenvalue weighted by molar-refractivity contribution is -0.255. The molecule has 1 heterocycles. The second kappa shape index (κ2) is 4.90. The molecule has 0 N–H and O–H groups in total. The van der Waals surface area contributed by atoms with Gasteiger partial charge in [-0.2, -0.15) is 0 Å². The normalized spacial score (nSPS) is 10.5. The number of hydrogen-bond donors (Lipinski definition) is 0. The Bertz CT molecular complexity index is 674. The highest BCUT2D eigenvalue weighted by molar-refractivity contribution is 6.33. The fraction of sp³-hybridized carbons (Fsp3) is 0.143. The molecule has 98 valence electrons. The summed E-state index contributed by atoms with van der Waals surface area (Å²) in [6.07, 6.45) is 0.772. The number of aromatic carboxylic acids is 1. The minimum Gasteiger partial charge on any atom is -0.545 e. The lowest BCUT2D eigenvalue weighted by Crippen LogP contribution is -2.23. The van der Waals surface area contributed by atoms with Crippen molar-refractivity contribution in [2.75, 3.05) is 0 Å². The van der Waals surface area contributed by atoms with Crippen LogP contribution in [0.15, 0.2) is 24.3 Å². The van der Waals surface area contributed by atoms with Gasteiger partial charge in [0.15, 0.2) is 6.29 Å². The van der Waals surface area contributed by atoms with Gasteiger partial charge in [-0.3, -0.25) is 4.79 Å². The number of halogens is 1. The van der Waals surface area contributed by atoms with Crippen LogP contribution in [-0.2, 0) is 0 Å². The van der Waals surface area contributed by atoms with E-state index in [4.69, 9.17) is 11.6 Å². The van der Waals surface area contributed by atoms with Crippen LogP contribution in [0.1, 0.15) is 32.1 Å². The number of aldehydes is 1. The fourth-order valence-electron chi connectivity index (χ4n) is 2.11. The van der Waals surface area contributed by atoms with E-state index in [1.165, 1.54) is 12.1 Å². The topological polar surface area (TPSA) is 62.1 Å². The number of hydrogen-bond acceptors (Lipinski definition) is 3. The molecule has 0 radical (unpaired) electrons. The molecule has 0 atom stereocenters. The molecule has 19 heavy (non-hydrogen) atoms. The Morgan fingerprint density at radius 2 is 2.00 bits per heavy atom. The highest BCUT2D eigenvalue weighted by Crippen LogP contribution is 2.24. The first kappa shape index (κ1) is 13.4. The molecule has 5 heteroatoms. The Balaban J connectivity index is 2.66. The van der Waals surface area contributed by atoms with Gasteiger partial charge >= 0.3 is 0 Å². The molecule has 0 aliphatic carbocycles. The standard InChI is InChI=1S/C14H12ClNO3/c1-8-5-10(7-17)9(2)16(8)11-3-4-13(15)12(6-11)14(18)19/h3-7H,1-2H3,(H,18,19)/p-1. The van der Waals surface area contributed by atoms with Gasteiger partial charge in [0, 0.05) is 33.2 Å². The van der Waals surface area contributed by atoms with Gasteiger partial charge in [0.2, 0.25) is 0 Å². The molecule has 0 unspecified atom stereocenters. The lowest BCUT2D eigenvalue weighted by atomic mass is 10.2. The zero-order valence-electron chi connectivity index (χ0n) is 10.4. The zero-order chi connectivity index (χ0) is 14.2. The molecule has 0 fully saturated rings. The SMILES string of the molecule is Cc1cc(C=O)c(C)n1-c1ccc(Cl)c(C(=O)[O-])c1. The molecular formula is C14H11ClNO3-. The molecule has 1 aromatic carbocycles. The Kier molecular flexibility index (Phi) is 3.44. The predicted molar refractivity (Wildman–Crippen MR) is 70.0 cm³/mol. The van der Waals surface area contributed by atoms with Crippen LogP contribution in [0, 0.1) is 13.8 Å². The van der Waals surface area contributed by atoms with Crippen LogP contribution in [0.2, 0.25) is 5.02 Å². The molecule has 0 aliphatic heterocycles. The van der Waals surface area contributed by atoms with Crippen molar-refractivity contribution in [1.82, 2.24) is 4.57 Å². The van der Waals surface area contributed by atoms with Crippen molar-refractivity contribution < 1.29 is 14.7 Å². The maximum absolute atomic E-state index is 11.0. The summed E-state index contributed by atoms with van der Waals surface area (Å²) in [5, 5.41) is 11.1. The Morgan fingerprint density at radius 3 is 2.53 bits per heavy atom. The van der Waals surface area contributed by atoms with Crippen molar-refractivity contribution in [3.05, 3.63) is 51.8 Å². The Hall–Kier alpha value is -2.07. The van der Waals surface area contributed by atoms with Gasteiger partial charge in [0.25, 0.3) is 0 Å². The second-order valence-electron chi connectivity index (χ2n) is 4.23. The Morgan fingerprint density at radius 1 is 1.32 bits per heavy atom. The summed E-state index contributed by atoms with van der Waals surface area (Å²) >= 11 is 5.80. The number of carboxylic acids is 1. The molecule has 0 amide bonds. The first-order valence-electron chi connectivity index (χ1n) is 5.61. The van der Waals surface area contributed by atoms with Gasteiger partial charge in [-0.15, -0.1) is 0 Å². The minimum atomic E-state index is -1.33. The van der Waals surface area contributed by atoms with Crippen LogP contribution in [0.5, 0.6) is 0 Å². The van der Waals surface area contributed by atoms with E-state index in [2.05, 4.69) is 0 Å². The molecule has 2 aromatic rings. The van der Waals surface area contributed by atoms with Crippen LogP contribution in [0.3, 0.4) is 0 Å². The predicted octanol–water partition coefficient (Wildman–Crippen LogP) is 1.92. The van der Waals surface area contributed by atoms with Crippen molar-refractivity contribution >= 4 is 23.9 Å². The highest BCUT2D eigenvalue weighted by Gasteiger charge is 2.11. The average Bonchev–Trinajstić information content (AvgIpc) is 2.65. The van der Waals surface area contributed by atoms with E-state index in [9.17, 15) is 14.7 Å². The summed E-state index contributed by atoms with van der Waals surface area (Å²) < 4.78 is 1.80. The summed E-state index contributed by atoms with van der Waals surface area (Å²) in [7, 11) is 0. The van der Waals surface area contributed by atoms with Crippen LogP contribution >= 0.6 is 11.6 Å². The number of carbonyl (C=O) groups excluding carboxylic acids is 2. The van der Waals surface area contributed by atoms with Crippen molar-refractivity contribution in [3.63, 3.8) is 0 Å². The van der Waals surface area contributed by atoms with Gasteiger partial charge in [0.1, 0.15) is 0 Å². The molecule has 0 saturated heterocycles. The van der Waals surface area contributed by atoms with Gasteiger partial charge in [0.05, 0.1) is 5.97 Å². The first-order chi connectivity index (χ1) is 8.95. The van der Waals surface area contributed by atoms with Crippen molar-refractivity contribution in [2.45, 2.75) is 13.8 Å². The maximum Gasteiger partial charge on any atom is 0.151 e. The molecule has 0 saturated carbocycles. The smallest absolute Gasteiger partial charge is 0.151 e. The second-order valence-corrected chi connectivity index (χ2v) is 4.64. The van der Waals surface area contributed by atoms with E-state index < -0.39 is 5.97 Å².